The van der Waals surface area contributed by atoms with Crippen LogP contribution in [0.3, 0.4) is 0 Å². The van der Waals surface area contributed by atoms with E-state index in [1.54, 1.807) is 0 Å². The normalized spacial score (nSPS) is 11.3. The summed E-state index contributed by atoms with van der Waals surface area (Å²) < 4.78 is 36.9. The van der Waals surface area contributed by atoms with E-state index in [1.807, 2.05) is 6.07 Å². The first-order valence-electron chi connectivity index (χ1n) is 6.78. The molecule has 25 heavy (non-hydrogen) atoms. The number of nitrogens with one attached hydrogen (secondary N) is 1. The van der Waals surface area contributed by atoms with E-state index in [2.05, 4.69) is 19.9 Å². The lowest BCUT2D eigenvalue weighted by Crippen LogP contribution is -2.03. The van der Waals surface area contributed by atoms with Crippen LogP contribution in [0.2, 0.25) is 5.02 Å². The first kappa shape index (κ1) is 17.0. The minimum absolute atomic E-state index is 0.0231. The van der Waals surface area contributed by atoms with E-state index in [0.717, 1.165) is 6.26 Å². The first-order valence-corrected chi connectivity index (χ1v) is 9.05. The third-order valence-electron chi connectivity index (χ3n) is 3.26. The lowest BCUT2D eigenvalue weighted by Gasteiger charge is -2.02. The van der Waals surface area contributed by atoms with Gasteiger partial charge in [0, 0.05) is 24.2 Å². The number of aromatic amines is 1. The second kappa shape index (κ2) is 6.23. The van der Waals surface area contributed by atoms with Crippen LogP contribution in [0.1, 0.15) is 5.69 Å². The van der Waals surface area contributed by atoms with Gasteiger partial charge < -0.3 is 4.98 Å². The fraction of sp³-hybridized carbons (Fsp3) is 0.0667. The molecular formula is C15H9ClFN5O2S. The van der Waals surface area contributed by atoms with Gasteiger partial charge in [0.25, 0.3) is 0 Å². The third kappa shape index (κ3) is 3.22. The van der Waals surface area contributed by atoms with E-state index < -0.39 is 15.7 Å². The number of H-pyrrole nitrogens is 1. The van der Waals surface area contributed by atoms with Crippen LogP contribution in [-0.2, 0) is 9.84 Å². The Bertz CT molecular complexity index is 1080. The van der Waals surface area contributed by atoms with Crippen LogP contribution in [0.15, 0.2) is 35.7 Å². The standard InChI is InChI=1S/C15H9ClFN5O2S/c1-25(23,24)15-19-6-8(7-20-15)13-11(5-18)21-14(22-13)12-9(16)3-2-4-10(12)17/h2-4,6-7H,1H3,(H,21,22). The molecule has 0 atom stereocenters. The van der Waals surface area contributed by atoms with Crippen molar-refractivity contribution in [2.75, 3.05) is 6.26 Å². The molecule has 126 valence electrons. The zero-order valence-corrected chi connectivity index (χ0v) is 14.2. The molecule has 0 aliphatic rings. The zero-order chi connectivity index (χ0) is 18.2. The number of imidazole rings is 1. The maximum atomic E-state index is 14.0. The molecule has 1 N–H and O–H groups in total. The molecule has 0 bridgehead atoms. The number of aromatic nitrogens is 4. The molecule has 0 amide bonds. The molecule has 0 spiro atoms. The number of rotatable bonds is 3. The lowest BCUT2D eigenvalue weighted by atomic mass is 10.2. The lowest BCUT2D eigenvalue weighted by molar-refractivity contribution is 0.593. The fourth-order valence-corrected chi connectivity index (χ4v) is 2.88. The van der Waals surface area contributed by atoms with Crippen molar-refractivity contribution in [2.24, 2.45) is 0 Å². The molecule has 3 rings (SSSR count). The van der Waals surface area contributed by atoms with Crippen molar-refractivity contribution in [3.8, 4) is 28.7 Å². The number of nitriles is 1. The fourth-order valence-electron chi connectivity index (χ4n) is 2.14. The number of halogens is 2. The summed E-state index contributed by atoms with van der Waals surface area (Å²) in [6.45, 7) is 0. The second-order valence-corrected chi connectivity index (χ2v) is 7.36. The highest BCUT2D eigenvalue weighted by Crippen LogP contribution is 2.31. The predicted molar refractivity (Wildman–Crippen MR) is 87.8 cm³/mol. The molecule has 2 aromatic heterocycles. The molecule has 0 radical (unpaired) electrons. The van der Waals surface area contributed by atoms with Crippen molar-refractivity contribution >= 4 is 21.4 Å². The van der Waals surface area contributed by atoms with Crippen molar-refractivity contribution in [3.63, 3.8) is 0 Å². The second-order valence-electron chi connectivity index (χ2n) is 5.04. The smallest absolute Gasteiger partial charge is 0.246 e. The van der Waals surface area contributed by atoms with Crippen molar-refractivity contribution < 1.29 is 12.8 Å². The monoisotopic (exact) mass is 377 g/mol. The Kier molecular flexibility index (Phi) is 4.24. The van der Waals surface area contributed by atoms with E-state index in [9.17, 15) is 18.1 Å². The van der Waals surface area contributed by atoms with Crippen LogP contribution in [0.4, 0.5) is 4.39 Å². The molecule has 10 heteroatoms. The maximum absolute atomic E-state index is 14.0. The highest BCUT2D eigenvalue weighted by Gasteiger charge is 2.19. The molecule has 0 saturated heterocycles. The summed E-state index contributed by atoms with van der Waals surface area (Å²) >= 11 is 6.01. The SMILES string of the molecule is CS(=O)(=O)c1ncc(-c2[nH]c(-c3c(F)cccc3Cl)nc2C#N)cn1. The molecule has 0 fully saturated rings. The molecule has 2 heterocycles. The van der Waals surface area contributed by atoms with Crippen LogP contribution < -0.4 is 0 Å². The molecule has 0 saturated carbocycles. The van der Waals surface area contributed by atoms with Crippen LogP contribution >= 0.6 is 11.6 Å². The number of hydrogen-bond donors (Lipinski definition) is 1. The highest BCUT2D eigenvalue weighted by molar-refractivity contribution is 7.90. The number of sulfone groups is 1. The van der Waals surface area contributed by atoms with Crippen molar-refractivity contribution in [1.82, 2.24) is 19.9 Å². The van der Waals surface area contributed by atoms with E-state index >= 15 is 0 Å². The number of nitrogens with zero attached hydrogens (tertiary/aromatic N) is 4. The Morgan fingerprint density at radius 2 is 1.96 bits per heavy atom. The quantitative estimate of drug-likeness (QED) is 0.702. The molecule has 7 nitrogen and oxygen atoms in total. The van der Waals surface area contributed by atoms with Gasteiger partial charge in [0.2, 0.25) is 15.0 Å². The van der Waals surface area contributed by atoms with Crippen molar-refractivity contribution in [2.45, 2.75) is 5.16 Å². The van der Waals surface area contributed by atoms with Gasteiger partial charge in [-0.15, -0.1) is 0 Å². The summed E-state index contributed by atoms with van der Waals surface area (Å²) in [6.07, 6.45) is 3.46. The molecule has 0 aliphatic carbocycles. The van der Waals surface area contributed by atoms with Gasteiger partial charge in [0.1, 0.15) is 17.7 Å². The van der Waals surface area contributed by atoms with Gasteiger partial charge in [-0.3, -0.25) is 0 Å². The first-order chi connectivity index (χ1) is 11.8. The molecule has 0 unspecified atom stereocenters. The van der Waals surface area contributed by atoms with E-state index in [4.69, 9.17) is 11.6 Å². The highest BCUT2D eigenvalue weighted by atomic mass is 35.5. The summed E-state index contributed by atoms with van der Waals surface area (Å²) in [5, 5.41) is 9.06. The average molecular weight is 378 g/mol. The Balaban J connectivity index is 2.13. The Morgan fingerprint density at radius 3 is 2.52 bits per heavy atom. The van der Waals surface area contributed by atoms with Crippen LogP contribution in [0.25, 0.3) is 22.6 Å². The summed E-state index contributed by atoms with van der Waals surface area (Å²) in [5.74, 6) is -0.525. The maximum Gasteiger partial charge on any atom is 0.246 e. The van der Waals surface area contributed by atoms with Gasteiger partial charge in [-0.2, -0.15) is 5.26 Å². The summed E-state index contributed by atoms with van der Waals surface area (Å²) in [4.78, 5) is 14.4. The van der Waals surface area contributed by atoms with Crippen LogP contribution in [0, 0.1) is 17.1 Å². The van der Waals surface area contributed by atoms with E-state index in [1.165, 1.54) is 30.6 Å². The number of hydrogen-bond acceptors (Lipinski definition) is 6. The summed E-state index contributed by atoms with van der Waals surface area (Å²) in [5.41, 5.74) is 0.567. The van der Waals surface area contributed by atoms with Crippen LogP contribution in [-0.4, -0.2) is 34.6 Å². The van der Waals surface area contributed by atoms with Gasteiger partial charge in [-0.05, 0) is 12.1 Å². The van der Waals surface area contributed by atoms with Gasteiger partial charge in [0.15, 0.2) is 5.69 Å². The zero-order valence-electron chi connectivity index (χ0n) is 12.7. The Labute approximate surface area is 147 Å². The molecule has 1 aromatic carbocycles. The van der Waals surface area contributed by atoms with Gasteiger partial charge in [-0.1, -0.05) is 17.7 Å². The molecular weight excluding hydrogens is 369 g/mol. The summed E-state index contributed by atoms with van der Waals surface area (Å²) in [7, 11) is -3.55. The molecule has 3 aromatic rings. The largest absolute Gasteiger partial charge is 0.337 e. The average Bonchev–Trinajstić information content (AvgIpc) is 2.98. The van der Waals surface area contributed by atoms with Gasteiger partial charge >= 0.3 is 0 Å². The van der Waals surface area contributed by atoms with Crippen molar-refractivity contribution in [1.29, 1.82) is 5.26 Å². The minimum atomic E-state index is -3.55. The predicted octanol–water partition coefficient (Wildman–Crippen LogP) is 2.60. The summed E-state index contributed by atoms with van der Waals surface area (Å²) in [6, 6.07) is 6.06. The third-order valence-corrected chi connectivity index (χ3v) is 4.45. The van der Waals surface area contributed by atoms with Gasteiger partial charge in [-0.25, -0.2) is 27.8 Å². The van der Waals surface area contributed by atoms with Crippen LogP contribution in [0.5, 0.6) is 0 Å². The molecule has 0 aliphatic heterocycles. The van der Waals surface area contributed by atoms with Gasteiger partial charge in [0.05, 0.1) is 16.3 Å². The Morgan fingerprint density at radius 1 is 1.28 bits per heavy atom. The van der Waals surface area contributed by atoms with E-state index in [0.29, 0.717) is 5.56 Å². The topological polar surface area (TPSA) is 112 Å². The van der Waals surface area contributed by atoms with E-state index in [-0.39, 0.29) is 33.0 Å². The Hall–Kier alpha value is -2.83. The van der Waals surface area contributed by atoms with Crippen molar-refractivity contribution in [3.05, 3.63) is 47.1 Å². The number of benzene rings is 1. The minimum Gasteiger partial charge on any atom is -0.337 e.